The second-order valence-corrected chi connectivity index (χ2v) is 4.05. The lowest BCUT2D eigenvalue weighted by atomic mass is 9.78. The zero-order chi connectivity index (χ0) is 9.07. The first-order valence-corrected chi connectivity index (χ1v) is 4.66. The molecule has 1 nitrogen and oxygen atoms in total. The molecule has 0 heterocycles. The van der Waals surface area contributed by atoms with E-state index in [1.165, 1.54) is 6.42 Å². The molecule has 0 aliphatic carbocycles. The summed E-state index contributed by atoms with van der Waals surface area (Å²) in [5.74, 6) is 1.49. The summed E-state index contributed by atoms with van der Waals surface area (Å²) in [5, 5.41) is 3.41. The van der Waals surface area contributed by atoms with Crippen LogP contribution >= 0.6 is 0 Å². The molecule has 0 rings (SSSR count). The predicted octanol–water partition coefficient (Wildman–Crippen LogP) is 2.67. The molecule has 11 heavy (non-hydrogen) atoms. The smallest absolute Gasteiger partial charge is 0.0175 e. The van der Waals surface area contributed by atoms with Gasteiger partial charge in [-0.3, -0.25) is 0 Å². The van der Waals surface area contributed by atoms with E-state index in [4.69, 9.17) is 0 Å². The van der Waals surface area contributed by atoms with Gasteiger partial charge in [0.2, 0.25) is 0 Å². The minimum Gasteiger partial charge on any atom is -0.314 e. The summed E-state index contributed by atoms with van der Waals surface area (Å²) in [7, 11) is 2.06. The van der Waals surface area contributed by atoms with Gasteiger partial charge >= 0.3 is 0 Å². The molecule has 68 valence electrons. The summed E-state index contributed by atoms with van der Waals surface area (Å²) in [4.78, 5) is 0. The molecule has 0 aromatic heterocycles. The van der Waals surface area contributed by atoms with Gasteiger partial charge in [-0.2, -0.15) is 0 Å². The lowest BCUT2D eigenvalue weighted by Crippen LogP contribution is -2.47. The van der Waals surface area contributed by atoms with Crippen LogP contribution in [0.25, 0.3) is 0 Å². The highest BCUT2D eigenvalue weighted by molar-refractivity contribution is 4.86. The lowest BCUT2D eigenvalue weighted by Gasteiger charge is -2.37. The summed E-state index contributed by atoms with van der Waals surface area (Å²) >= 11 is 0. The zero-order valence-electron chi connectivity index (χ0n) is 8.86. The molecule has 0 saturated carbocycles. The Kier molecular flexibility index (Phi) is 4.09. The van der Waals surface area contributed by atoms with Crippen molar-refractivity contribution in [2.45, 2.75) is 46.6 Å². The standard InChI is InChI=1S/C10H23N/c1-7-10(5,11-6)9(4)8(2)3/h8-9,11H,7H2,1-6H3. The Morgan fingerprint density at radius 3 is 1.82 bits per heavy atom. The summed E-state index contributed by atoms with van der Waals surface area (Å²) in [6, 6.07) is 0. The Morgan fingerprint density at radius 2 is 1.73 bits per heavy atom. The van der Waals surface area contributed by atoms with Crippen LogP contribution in [0.2, 0.25) is 0 Å². The average molecular weight is 157 g/mol. The van der Waals surface area contributed by atoms with Crippen molar-refractivity contribution in [2.24, 2.45) is 11.8 Å². The Hall–Kier alpha value is -0.0400. The third-order valence-corrected chi connectivity index (χ3v) is 3.31. The van der Waals surface area contributed by atoms with E-state index >= 15 is 0 Å². The first-order chi connectivity index (χ1) is 4.98. The number of rotatable bonds is 4. The van der Waals surface area contributed by atoms with Crippen LogP contribution in [0, 0.1) is 11.8 Å². The molecular weight excluding hydrogens is 134 g/mol. The molecular formula is C10H23N. The zero-order valence-corrected chi connectivity index (χ0v) is 8.86. The maximum atomic E-state index is 3.41. The van der Waals surface area contributed by atoms with Crippen molar-refractivity contribution in [3.05, 3.63) is 0 Å². The average Bonchev–Trinajstić information content (AvgIpc) is 2.01. The van der Waals surface area contributed by atoms with Crippen molar-refractivity contribution < 1.29 is 0 Å². The fraction of sp³-hybridized carbons (Fsp3) is 1.00. The van der Waals surface area contributed by atoms with Crippen LogP contribution in [0.15, 0.2) is 0 Å². The van der Waals surface area contributed by atoms with Crippen molar-refractivity contribution in [1.82, 2.24) is 5.32 Å². The van der Waals surface area contributed by atoms with Crippen LogP contribution in [-0.2, 0) is 0 Å². The Labute approximate surface area is 71.6 Å². The van der Waals surface area contributed by atoms with E-state index in [2.05, 4.69) is 47.0 Å². The third-order valence-electron chi connectivity index (χ3n) is 3.31. The molecule has 2 atom stereocenters. The van der Waals surface area contributed by atoms with Crippen molar-refractivity contribution >= 4 is 0 Å². The third kappa shape index (κ3) is 2.48. The van der Waals surface area contributed by atoms with Crippen LogP contribution in [0.5, 0.6) is 0 Å². The highest BCUT2D eigenvalue weighted by Gasteiger charge is 2.28. The summed E-state index contributed by atoms with van der Waals surface area (Å²) in [6.45, 7) is 11.4. The second-order valence-electron chi connectivity index (χ2n) is 4.05. The topological polar surface area (TPSA) is 12.0 Å². The summed E-state index contributed by atoms with van der Waals surface area (Å²) in [5.41, 5.74) is 0.314. The van der Waals surface area contributed by atoms with Crippen LogP contribution in [0.4, 0.5) is 0 Å². The molecule has 0 aliphatic rings. The van der Waals surface area contributed by atoms with E-state index < -0.39 is 0 Å². The Bertz CT molecular complexity index is 103. The number of hydrogen-bond donors (Lipinski definition) is 1. The molecule has 0 aromatic carbocycles. The molecule has 0 radical (unpaired) electrons. The van der Waals surface area contributed by atoms with Crippen LogP contribution in [-0.4, -0.2) is 12.6 Å². The summed E-state index contributed by atoms with van der Waals surface area (Å²) in [6.07, 6.45) is 1.20. The largest absolute Gasteiger partial charge is 0.314 e. The molecule has 0 aliphatic heterocycles. The van der Waals surface area contributed by atoms with Crippen molar-refractivity contribution in [3.63, 3.8) is 0 Å². The first-order valence-electron chi connectivity index (χ1n) is 4.66. The molecule has 0 fully saturated rings. The Balaban J connectivity index is 4.24. The molecule has 0 amide bonds. The maximum Gasteiger partial charge on any atom is 0.0175 e. The number of nitrogens with one attached hydrogen (secondary N) is 1. The van der Waals surface area contributed by atoms with Crippen LogP contribution in [0.3, 0.4) is 0 Å². The van der Waals surface area contributed by atoms with E-state index in [-0.39, 0.29) is 0 Å². The first kappa shape index (κ1) is 11.0. The minimum absolute atomic E-state index is 0.314. The van der Waals surface area contributed by atoms with Crippen LogP contribution in [0.1, 0.15) is 41.0 Å². The molecule has 1 N–H and O–H groups in total. The van der Waals surface area contributed by atoms with Gasteiger partial charge in [-0.05, 0) is 32.2 Å². The fourth-order valence-corrected chi connectivity index (χ4v) is 1.46. The SMILES string of the molecule is CCC(C)(NC)C(C)C(C)C. The van der Waals surface area contributed by atoms with E-state index in [0.29, 0.717) is 5.54 Å². The molecule has 0 aromatic rings. The summed E-state index contributed by atoms with van der Waals surface area (Å²) < 4.78 is 0. The molecule has 1 heteroatoms. The van der Waals surface area contributed by atoms with Crippen molar-refractivity contribution in [2.75, 3.05) is 7.05 Å². The molecule has 2 unspecified atom stereocenters. The highest BCUT2D eigenvalue weighted by atomic mass is 14.9. The minimum atomic E-state index is 0.314. The van der Waals surface area contributed by atoms with Gasteiger partial charge in [0.15, 0.2) is 0 Å². The van der Waals surface area contributed by atoms with Gasteiger partial charge in [0.05, 0.1) is 0 Å². The van der Waals surface area contributed by atoms with Gasteiger partial charge < -0.3 is 5.32 Å². The van der Waals surface area contributed by atoms with Gasteiger partial charge in [0, 0.05) is 5.54 Å². The molecule has 0 bridgehead atoms. The van der Waals surface area contributed by atoms with E-state index in [0.717, 1.165) is 11.8 Å². The van der Waals surface area contributed by atoms with Gasteiger partial charge in [-0.25, -0.2) is 0 Å². The van der Waals surface area contributed by atoms with Crippen LogP contribution < -0.4 is 5.32 Å². The van der Waals surface area contributed by atoms with Crippen molar-refractivity contribution in [1.29, 1.82) is 0 Å². The van der Waals surface area contributed by atoms with Gasteiger partial charge in [-0.15, -0.1) is 0 Å². The van der Waals surface area contributed by atoms with Gasteiger partial charge in [0.1, 0.15) is 0 Å². The highest BCUT2D eigenvalue weighted by Crippen LogP contribution is 2.26. The predicted molar refractivity (Wildman–Crippen MR) is 51.8 cm³/mol. The lowest BCUT2D eigenvalue weighted by molar-refractivity contribution is 0.199. The van der Waals surface area contributed by atoms with Gasteiger partial charge in [0.25, 0.3) is 0 Å². The van der Waals surface area contributed by atoms with Crippen molar-refractivity contribution in [3.8, 4) is 0 Å². The van der Waals surface area contributed by atoms with E-state index in [9.17, 15) is 0 Å². The monoisotopic (exact) mass is 157 g/mol. The fourth-order valence-electron chi connectivity index (χ4n) is 1.46. The Morgan fingerprint density at radius 1 is 1.27 bits per heavy atom. The number of hydrogen-bond acceptors (Lipinski definition) is 1. The second kappa shape index (κ2) is 4.10. The molecule has 0 saturated heterocycles. The quantitative estimate of drug-likeness (QED) is 0.661. The van der Waals surface area contributed by atoms with E-state index in [1.807, 2.05) is 0 Å². The maximum absolute atomic E-state index is 3.41. The molecule has 0 spiro atoms. The normalized spacial score (nSPS) is 19.9. The van der Waals surface area contributed by atoms with E-state index in [1.54, 1.807) is 0 Å². The van der Waals surface area contributed by atoms with Gasteiger partial charge in [-0.1, -0.05) is 27.7 Å².